The van der Waals surface area contributed by atoms with Gasteiger partial charge in [0.2, 0.25) is 5.79 Å². The molecule has 4 N–H and O–H groups in total. The van der Waals surface area contributed by atoms with Crippen molar-refractivity contribution < 1.29 is 30.0 Å². The maximum absolute atomic E-state index is 13.2. The topological polar surface area (TPSA) is 107 Å². The Balaban J connectivity index is 1.82. The van der Waals surface area contributed by atoms with E-state index < -0.39 is 52.7 Å². The van der Waals surface area contributed by atoms with Crippen LogP contribution < -0.4 is 0 Å². The van der Waals surface area contributed by atoms with Gasteiger partial charge in [-0.3, -0.25) is 4.79 Å². The summed E-state index contributed by atoms with van der Waals surface area (Å²) >= 11 is 0. The van der Waals surface area contributed by atoms with Crippen LogP contribution in [-0.4, -0.2) is 50.5 Å². The van der Waals surface area contributed by atoms with Crippen molar-refractivity contribution >= 4 is 5.97 Å². The lowest BCUT2D eigenvalue weighted by Gasteiger charge is -2.73. The van der Waals surface area contributed by atoms with Crippen molar-refractivity contribution in [3.63, 3.8) is 0 Å². The van der Waals surface area contributed by atoms with E-state index in [1.165, 1.54) is 0 Å². The Labute approximate surface area is 152 Å². The summed E-state index contributed by atoms with van der Waals surface area (Å²) in [4.78, 5) is 13.2. The molecule has 4 saturated carbocycles. The zero-order valence-corrected chi connectivity index (χ0v) is 15.3. The van der Waals surface area contributed by atoms with E-state index in [-0.39, 0.29) is 11.3 Å². The number of carbonyl (C=O) groups is 1. The average molecular weight is 364 g/mol. The number of rotatable bonds is 0. The maximum Gasteiger partial charge on any atom is 0.315 e. The molecule has 2 heterocycles. The second-order valence-corrected chi connectivity index (χ2v) is 9.98. The minimum Gasteiger partial charge on any atom is -0.429 e. The van der Waals surface area contributed by atoms with Gasteiger partial charge < -0.3 is 25.2 Å². The van der Waals surface area contributed by atoms with E-state index >= 15 is 0 Å². The fourth-order valence-electron chi connectivity index (χ4n) is 8.06. The third kappa shape index (κ3) is 1.38. The van der Waals surface area contributed by atoms with E-state index in [4.69, 9.17) is 4.74 Å². The molecule has 9 atom stereocenters. The van der Waals surface area contributed by atoms with Crippen LogP contribution in [0.25, 0.3) is 0 Å². The number of carbonyl (C=O) groups excluding carboxylic acids is 1. The third-order valence-corrected chi connectivity index (χ3v) is 8.89. The summed E-state index contributed by atoms with van der Waals surface area (Å²) < 4.78 is 5.52. The highest BCUT2D eigenvalue weighted by Crippen LogP contribution is 2.77. The van der Waals surface area contributed by atoms with Gasteiger partial charge in [-0.05, 0) is 42.6 Å². The van der Waals surface area contributed by atoms with Gasteiger partial charge in [0.1, 0.15) is 6.10 Å². The van der Waals surface area contributed by atoms with E-state index in [0.29, 0.717) is 24.8 Å². The van der Waals surface area contributed by atoms with Gasteiger partial charge in [0.25, 0.3) is 0 Å². The number of ether oxygens (including phenoxy) is 1. The van der Waals surface area contributed by atoms with Gasteiger partial charge in [0.15, 0.2) is 0 Å². The molecule has 0 amide bonds. The molecule has 144 valence electrons. The minimum absolute atomic E-state index is 0.345. The second kappa shape index (κ2) is 4.54. The van der Waals surface area contributed by atoms with Gasteiger partial charge in [0.05, 0.1) is 23.0 Å². The summed E-state index contributed by atoms with van der Waals surface area (Å²) in [5, 5.41) is 45.2. The molecule has 6 heteroatoms. The molecule has 6 nitrogen and oxygen atoms in total. The predicted octanol–water partition coefficient (Wildman–Crippen LogP) is 0.723. The second-order valence-electron chi connectivity index (χ2n) is 9.98. The molecule has 0 radical (unpaired) electrons. The lowest BCUT2D eigenvalue weighted by atomic mass is 9.36. The van der Waals surface area contributed by atoms with Crippen molar-refractivity contribution in [3.8, 4) is 0 Å². The van der Waals surface area contributed by atoms with Gasteiger partial charge >= 0.3 is 5.97 Å². The monoisotopic (exact) mass is 364 g/mol. The first-order chi connectivity index (χ1) is 12.1. The summed E-state index contributed by atoms with van der Waals surface area (Å²) in [5.74, 6) is -4.02. The van der Waals surface area contributed by atoms with Crippen molar-refractivity contribution in [2.75, 3.05) is 0 Å². The largest absolute Gasteiger partial charge is 0.429 e. The van der Waals surface area contributed by atoms with E-state index in [0.717, 1.165) is 12.8 Å². The van der Waals surface area contributed by atoms with Crippen LogP contribution >= 0.6 is 0 Å². The quantitative estimate of drug-likeness (QED) is 0.373. The highest BCUT2D eigenvalue weighted by atomic mass is 16.7. The van der Waals surface area contributed by atoms with Crippen molar-refractivity contribution in [3.05, 3.63) is 12.2 Å². The van der Waals surface area contributed by atoms with Crippen LogP contribution in [0.5, 0.6) is 0 Å². The summed E-state index contributed by atoms with van der Waals surface area (Å²) in [6, 6.07) is 0. The summed E-state index contributed by atoms with van der Waals surface area (Å²) in [5.41, 5.74) is -2.35. The van der Waals surface area contributed by atoms with Crippen molar-refractivity contribution in [2.45, 2.75) is 70.1 Å². The van der Waals surface area contributed by atoms with Crippen molar-refractivity contribution in [1.82, 2.24) is 0 Å². The smallest absolute Gasteiger partial charge is 0.315 e. The SMILES string of the molecule is C=C1[C@@H](O)[C@@]23C(CC[C@@H]1[C@H]2O)[C@]12CCCC(C)(C)C1[C@H](O)[C@]3(O)OC2=O. The number of hydrogen-bond donors (Lipinski definition) is 4. The van der Waals surface area contributed by atoms with Gasteiger partial charge in [-0.15, -0.1) is 0 Å². The number of aliphatic hydroxyl groups excluding tert-OH is 3. The van der Waals surface area contributed by atoms with Crippen molar-refractivity contribution in [2.24, 2.45) is 34.0 Å². The van der Waals surface area contributed by atoms with E-state index in [1.807, 2.05) is 13.8 Å². The van der Waals surface area contributed by atoms with Crippen LogP contribution in [0.3, 0.4) is 0 Å². The molecule has 0 aromatic rings. The molecular weight excluding hydrogens is 336 g/mol. The Bertz CT molecular complexity index is 717. The molecule has 26 heavy (non-hydrogen) atoms. The fourth-order valence-corrected chi connectivity index (χ4v) is 8.06. The zero-order chi connectivity index (χ0) is 18.9. The fraction of sp³-hybridized carbons (Fsp3) is 0.850. The van der Waals surface area contributed by atoms with Gasteiger partial charge in [-0.1, -0.05) is 26.8 Å². The molecule has 6 rings (SSSR count). The summed E-state index contributed by atoms with van der Waals surface area (Å²) in [6.45, 7) is 8.01. The Morgan fingerprint density at radius 1 is 1.12 bits per heavy atom. The van der Waals surface area contributed by atoms with Gasteiger partial charge in [-0.25, -0.2) is 0 Å². The molecule has 2 saturated heterocycles. The Kier molecular flexibility index (Phi) is 3.00. The van der Waals surface area contributed by atoms with Gasteiger partial charge in [0, 0.05) is 11.8 Å². The van der Waals surface area contributed by atoms with E-state index in [9.17, 15) is 25.2 Å². The highest BCUT2D eigenvalue weighted by molar-refractivity contribution is 5.82. The minimum atomic E-state index is -2.30. The lowest BCUT2D eigenvalue weighted by molar-refractivity contribution is -0.434. The molecular formula is C20H28O6. The highest BCUT2D eigenvalue weighted by Gasteiger charge is 2.88. The van der Waals surface area contributed by atoms with E-state index in [1.54, 1.807) is 0 Å². The van der Waals surface area contributed by atoms with Crippen LogP contribution in [0, 0.1) is 34.0 Å². The average Bonchev–Trinajstić information content (AvgIpc) is 2.66. The van der Waals surface area contributed by atoms with Crippen LogP contribution in [0.15, 0.2) is 12.2 Å². The first kappa shape index (κ1) is 17.2. The van der Waals surface area contributed by atoms with Crippen LogP contribution in [0.1, 0.15) is 46.0 Å². The first-order valence-electron chi connectivity index (χ1n) is 9.75. The van der Waals surface area contributed by atoms with Crippen molar-refractivity contribution in [1.29, 1.82) is 0 Å². The number of aliphatic hydroxyl groups is 4. The Morgan fingerprint density at radius 2 is 1.81 bits per heavy atom. The summed E-state index contributed by atoms with van der Waals surface area (Å²) in [7, 11) is 0. The Hall–Kier alpha value is -0.950. The Morgan fingerprint density at radius 3 is 2.50 bits per heavy atom. The van der Waals surface area contributed by atoms with Gasteiger partial charge in [-0.2, -0.15) is 0 Å². The molecule has 4 bridgehead atoms. The predicted molar refractivity (Wildman–Crippen MR) is 90.4 cm³/mol. The molecule has 0 aromatic carbocycles. The third-order valence-electron chi connectivity index (χ3n) is 8.89. The maximum atomic E-state index is 13.2. The molecule has 2 spiro atoms. The normalized spacial score (nSPS) is 59.6. The number of esters is 1. The standard InChI is InChI=1S/C20H28O6/c1-9-10-5-6-11-18-8-4-7-17(2,3)12(18)15(23)20(25,26-16(18)24)19(11,13(9)21)14(10)22/h10-15,21-23,25H,1,4-8H2,2-3H3/t10-,11?,12?,13+,14+,15-,18+,19-,20-/m0/s1. The molecule has 6 fully saturated rings. The number of hydrogen-bond acceptors (Lipinski definition) is 6. The number of fused-ring (bicyclic) bond motifs is 2. The molecule has 2 aliphatic heterocycles. The van der Waals surface area contributed by atoms with Crippen LogP contribution in [0.2, 0.25) is 0 Å². The van der Waals surface area contributed by atoms with E-state index in [2.05, 4.69) is 6.58 Å². The first-order valence-corrected chi connectivity index (χ1v) is 9.75. The zero-order valence-electron chi connectivity index (χ0n) is 15.3. The molecule has 0 aromatic heterocycles. The summed E-state index contributed by atoms with van der Waals surface area (Å²) in [6.07, 6.45) is -0.194. The molecule has 6 aliphatic rings. The lowest BCUT2D eigenvalue weighted by Crippen LogP contribution is -2.85. The van der Waals surface area contributed by atoms with Crippen LogP contribution in [-0.2, 0) is 9.53 Å². The molecule has 2 unspecified atom stereocenters. The molecule has 4 aliphatic carbocycles. The van der Waals surface area contributed by atoms with Crippen LogP contribution in [0.4, 0.5) is 0 Å².